The van der Waals surface area contributed by atoms with Crippen molar-refractivity contribution < 1.29 is 28.4 Å². The van der Waals surface area contributed by atoms with Gasteiger partial charge in [0.1, 0.15) is 17.6 Å². The summed E-state index contributed by atoms with van der Waals surface area (Å²) >= 11 is 0. The fourth-order valence-corrected chi connectivity index (χ4v) is 3.56. The van der Waals surface area contributed by atoms with E-state index in [2.05, 4.69) is 15.8 Å². The summed E-state index contributed by atoms with van der Waals surface area (Å²) in [5.74, 6) is 0.619. The number of nitrogens with zero attached hydrogens (tertiary/aromatic N) is 2. The third-order valence-electron chi connectivity index (χ3n) is 5.55. The van der Waals surface area contributed by atoms with Gasteiger partial charge in [-0.3, -0.25) is 19.7 Å². The molecule has 11 heteroatoms. The highest BCUT2D eigenvalue weighted by atomic mass is 16.7. The molecule has 0 aliphatic carbocycles. The van der Waals surface area contributed by atoms with Crippen LogP contribution in [0.1, 0.15) is 35.5 Å². The van der Waals surface area contributed by atoms with Gasteiger partial charge in [0.25, 0.3) is 17.5 Å². The second kappa shape index (κ2) is 10.3. The van der Waals surface area contributed by atoms with E-state index >= 15 is 0 Å². The number of carbonyl (C=O) groups excluding carboxylic acids is 2. The number of rotatable bonds is 8. The molecule has 4 rings (SSSR count). The highest BCUT2D eigenvalue weighted by molar-refractivity contribution is 5.98. The number of aryl methyl sites for hydroxylation is 1. The van der Waals surface area contributed by atoms with E-state index in [1.807, 2.05) is 0 Å². The third kappa shape index (κ3) is 5.35. The molecule has 1 aliphatic rings. The number of fused-ring (bicyclic) bond motifs is 1. The highest BCUT2D eigenvalue weighted by Crippen LogP contribution is 2.32. The molecular weight excluding hydrogens is 468 g/mol. The Morgan fingerprint density at radius 3 is 2.61 bits per heavy atom. The zero-order chi connectivity index (χ0) is 25.8. The van der Waals surface area contributed by atoms with Gasteiger partial charge in [-0.1, -0.05) is 26.0 Å². The number of hydrogen-bond donors (Lipinski definition) is 2. The minimum atomic E-state index is -0.847. The molecule has 36 heavy (non-hydrogen) atoms. The topological polar surface area (TPSA) is 145 Å². The summed E-state index contributed by atoms with van der Waals surface area (Å²) in [6.07, 6.45) is 1.31. The second-order valence-electron chi connectivity index (χ2n) is 8.46. The van der Waals surface area contributed by atoms with Crippen molar-refractivity contribution >= 4 is 23.7 Å². The average Bonchev–Trinajstić information content (AvgIpc) is 3.51. The van der Waals surface area contributed by atoms with E-state index in [9.17, 15) is 19.7 Å². The lowest BCUT2D eigenvalue weighted by molar-refractivity contribution is -0.385. The van der Waals surface area contributed by atoms with Crippen molar-refractivity contribution in [2.45, 2.75) is 26.8 Å². The molecule has 11 nitrogen and oxygen atoms in total. The summed E-state index contributed by atoms with van der Waals surface area (Å²) in [5.41, 5.74) is 3.83. The van der Waals surface area contributed by atoms with E-state index in [4.69, 9.17) is 13.9 Å². The largest absolute Gasteiger partial charge is 0.455 e. The van der Waals surface area contributed by atoms with Crippen LogP contribution in [0.25, 0.3) is 11.3 Å². The molecule has 0 saturated heterocycles. The number of hydrogen-bond acceptors (Lipinski definition) is 8. The Morgan fingerprint density at radius 2 is 1.86 bits per heavy atom. The zero-order valence-electron chi connectivity index (χ0n) is 19.8. The summed E-state index contributed by atoms with van der Waals surface area (Å²) < 4.78 is 16.2. The normalized spacial score (nSPS) is 13.1. The highest BCUT2D eigenvalue weighted by Gasteiger charge is 2.25. The van der Waals surface area contributed by atoms with Gasteiger partial charge in [-0.2, -0.15) is 5.10 Å². The van der Waals surface area contributed by atoms with E-state index in [-0.39, 0.29) is 18.4 Å². The number of nitrogens with one attached hydrogen (secondary N) is 2. The molecule has 0 spiro atoms. The molecule has 3 aromatic rings. The Labute approximate surface area is 206 Å². The number of hydrazone groups is 1. The summed E-state index contributed by atoms with van der Waals surface area (Å²) in [7, 11) is 0. The standard InChI is InChI=1S/C25H24N4O7/c1-14(2)23(27-24(30)17-6-8-21-22(11-17)35-13-34-21)25(31)28-26-12-18-7-9-20(36-18)16-5-4-15(3)19(10-16)29(32)33/h4-12,14,23H,13H2,1-3H3,(H,27,30)(H,28,31)/b26-12+. The van der Waals surface area contributed by atoms with Crippen molar-refractivity contribution in [3.63, 3.8) is 0 Å². The average molecular weight is 492 g/mol. The first-order chi connectivity index (χ1) is 17.2. The lowest BCUT2D eigenvalue weighted by Gasteiger charge is -2.20. The van der Waals surface area contributed by atoms with Gasteiger partial charge >= 0.3 is 0 Å². The Hall–Kier alpha value is -4.67. The SMILES string of the molecule is Cc1ccc(-c2ccc(/C=N/NC(=O)C(NC(=O)c3ccc4c(c3)OCO4)C(C)C)o2)cc1[N+](=O)[O-]. The molecule has 2 N–H and O–H groups in total. The third-order valence-corrected chi connectivity index (χ3v) is 5.55. The molecule has 0 radical (unpaired) electrons. The van der Waals surface area contributed by atoms with Crippen LogP contribution in [0, 0.1) is 23.0 Å². The fourth-order valence-electron chi connectivity index (χ4n) is 3.56. The Morgan fingerprint density at radius 1 is 1.08 bits per heavy atom. The van der Waals surface area contributed by atoms with Gasteiger partial charge in [-0.25, -0.2) is 5.43 Å². The summed E-state index contributed by atoms with van der Waals surface area (Å²) in [6, 6.07) is 12.0. The molecular formula is C25H24N4O7. The molecule has 1 unspecified atom stereocenters. The Balaban J connectivity index is 1.39. The molecule has 1 aliphatic heterocycles. The minimum Gasteiger partial charge on any atom is -0.455 e. The number of nitro groups is 1. The van der Waals surface area contributed by atoms with Crippen LogP contribution in [0.3, 0.4) is 0 Å². The maximum absolute atomic E-state index is 12.7. The van der Waals surface area contributed by atoms with Gasteiger partial charge < -0.3 is 19.2 Å². The van der Waals surface area contributed by atoms with E-state index < -0.39 is 22.8 Å². The quantitative estimate of drug-likeness (QED) is 0.276. The molecule has 1 aromatic heterocycles. The van der Waals surface area contributed by atoms with Gasteiger partial charge in [0, 0.05) is 22.8 Å². The first-order valence-electron chi connectivity index (χ1n) is 11.1. The first-order valence-corrected chi connectivity index (χ1v) is 11.1. The van der Waals surface area contributed by atoms with Gasteiger partial charge in [-0.05, 0) is 43.2 Å². The van der Waals surface area contributed by atoms with Crippen LogP contribution in [-0.2, 0) is 4.79 Å². The lowest BCUT2D eigenvalue weighted by Crippen LogP contribution is -2.48. The monoisotopic (exact) mass is 492 g/mol. The van der Waals surface area contributed by atoms with Crippen LogP contribution >= 0.6 is 0 Å². The molecule has 186 valence electrons. The van der Waals surface area contributed by atoms with Crippen LogP contribution in [-0.4, -0.2) is 35.8 Å². The maximum Gasteiger partial charge on any atom is 0.273 e. The molecule has 0 saturated carbocycles. The molecule has 0 bridgehead atoms. The van der Waals surface area contributed by atoms with Gasteiger partial charge in [0.2, 0.25) is 6.79 Å². The van der Waals surface area contributed by atoms with Crippen molar-refractivity contribution in [1.82, 2.24) is 10.7 Å². The van der Waals surface area contributed by atoms with Crippen molar-refractivity contribution in [2.75, 3.05) is 6.79 Å². The van der Waals surface area contributed by atoms with Crippen LogP contribution < -0.4 is 20.2 Å². The summed E-state index contributed by atoms with van der Waals surface area (Å²) in [4.78, 5) is 36.1. The van der Waals surface area contributed by atoms with E-state index in [1.54, 1.807) is 63.2 Å². The number of furan rings is 1. The smallest absolute Gasteiger partial charge is 0.273 e. The van der Waals surface area contributed by atoms with E-state index in [1.165, 1.54) is 12.3 Å². The van der Waals surface area contributed by atoms with E-state index in [0.717, 1.165) is 0 Å². The second-order valence-corrected chi connectivity index (χ2v) is 8.46. The molecule has 2 heterocycles. The van der Waals surface area contributed by atoms with Crippen molar-refractivity contribution in [2.24, 2.45) is 11.0 Å². The fraction of sp³-hybridized carbons (Fsp3) is 0.240. The van der Waals surface area contributed by atoms with Crippen LogP contribution in [0.4, 0.5) is 5.69 Å². The van der Waals surface area contributed by atoms with Crippen molar-refractivity contribution in [1.29, 1.82) is 0 Å². The number of amides is 2. The van der Waals surface area contributed by atoms with Gasteiger partial charge in [-0.15, -0.1) is 0 Å². The van der Waals surface area contributed by atoms with E-state index in [0.29, 0.717) is 39.7 Å². The first kappa shape index (κ1) is 24.5. The Kier molecular flexibility index (Phi) is 7.00. The number of carbonyl (C=O) groups is 2. The van der Waals surface area contributed by atoms with Crippen molar-refractivity contribution in [3.05, 3.63) is 75.5 Å². The number of nitro benzene ring substituents is 1. The molecule has 2 amide bonds. The molecule has 0 fully saturated rings. The summed E-state index contributed by atoms with van der Waals surface area (Å²) in [6.45, 7) is 5.35. The predicted octanol–water partition coefficient (Wildman–Crippen LogP) is 3.80. The summed E-state index contributed by atoms with van der Waals surface area (Å²) in [5, 5.41) is 17.8. The van der Waals surface area contributed by atoms with Crippen LogP contribution in [0.15, 0.2) is 58.0 Å². The van der Waals surface area contributed by atoms with Gasteiger partial charge in [0.05, 0.1) is 11.1 Å². The van der Waals surface area contributed by atoms with Crippen LogP contribution in [0.5, 0.6) is 11.5 Å². The van der Waals surface area contributed by atoms with Crippen molar-refractivity contribution in [3.8, 4) is 22.8 Å². The zero-order valence-corrected chi connectivity index (χ0v) is 19.8. The number of benzene rings is 2. The molecule has 1 atom stereocenters. The van der Waals surface area contributed by atoms with Crippen LogP contribution in [0.2, 0.25) is 0 Å². The maximum atomic E-state index is 12.7. The Bertz CT molecular complexity index is 1350. The number of ether oxygens (including phenoxy) is 2. The minimum absolute atomic E-state index is 0.00565. The van der Waals surface area contributed by atoms with Gasteiger partial charge in [0.15, 0.2) is 11.5 Å². The molecule has 2 aromatic carbocycles. The lowest BCUT2D eigenvalue weighted by atomic mass is 10.0. The predicted molar refractivity (Wildman–Crippen MR) is 130 cm³/mol.